The lowest BCUT2D eigenvalue weighted by Crippen LogP contribution is -2.28. The quantitative estimate of drug-likeness (QED) is 0.643. The molecule has 0 saturated heterocycles. The fourth-order valence-corrected chi connectivity index (χ4v) is 4.14. The Labute approximate surface area is 176 Å². The third kappa shape index (κ3) is 5.38. The summed E-state index contributed by atoms with van der Waals surface area (Å²) in [6, 6.07) is 7.38. The Morgan fingerprint density at radius 2 is 1.83 bits per heavy atom. The predicted octanol–water partition coefficient (Wildman–Crippen LogP) is 3.54. The van der Waals surface area contributed by atoms with Crippen molar-refractivity contribution in [2.75, 3.05) is 19.8 Å². The summed E-state index contributed by atoms with van der Waals surface area (Å²) in [5, 5.41) is 9.35. The summed E-state index contributed by atoms with van der Waals surface area (Å²) in [6.45, 7) is 8.12. The van der Waals surface area contributed by atoms with E-state index in [2.05, 4.69) is 9.71 Å². The molecule has 0 bridgehead atoms. The van der Waals surface area contributed by atoms with Gasteiger partial charge in [-0.25, -0.2) is 18.1 Å². The number of nitrogens with zero attached hydrogens (tertiary/aromatic N) is 2. The summed E-state index contributed by atoms with van der Waals surface area (Å²) in [6.07, 6.45) is 0.430. The highest BCUT2D eigenvalue weighted by molar-refractivity contribution is 7.89. The molecular formula is C20H24ClN3O4S. The van der Waals surface area contributed by atoms with Crippen molar-refractivity contribution in [2.45, 2.75) is 39.1 Å². The molecule has 0 saturated carbocycles. The topological polar surface area (TPSA) is 101 Å². The lowest BCUT2D eigenvalue weighted by Gasteiger charge is -2.13. The Hall–Kier alpha value is -2.34. The molecular weight excluding hydrogens is 414 g/mol. The summed E-state index contributed by atoms with van der Waals surface area (Å²) < 4.78 is 39.1. The molecule has 29 heavy (non-hydrogen) atoms. The first kappa shape index (κ1) is 22.9. The number of nitriles is 1. The maximum Gasteiger partial charge on any atom is 0.259 e. The highest BCUT2D eigenvalue weighted by atomic mass is 35.5. The van der Waals surface area contributed by atoms with Crippen molar-refractivity contribution >= 4 is 21.6 Å². The van der Waals surface area contributed by atoms with Gasteiger partial charge in [-0.2, -0.15) is 5.26 Å². The third-order valence-corrected chi connectivity index (χ3v) is 6.13. The van der Waals surface area contributed by atoms with E-state index in [4.69, 9.17) is 21.1 Å². The Bertz CT molecular complexity index is 1030. The molecule has 1 N–H and O–H groups in total. The van der Waals surface area contributed by atoms with E-state index < -0.39 is 10.0 Å². The number of hydrogen-bond donors (Lipinski definition) is 1. The molecule has 9 heteroatoms. The minimum atomic E-state index is -3.97. The summed E-state index contributed by atoms with van der Waals surface area (Å²) in [5.41, 5.74) is 1.59. The third-order valence-electron chi connectivity index (χ3n) is 4.18. The number of halogens is 1. The second-order valence-electron chi connectivity index (χ2n) is 6.22. The Morgan fingerprint density at radius 3 is 2.45 bits per heavy atom. The van der Waals surface area contributed by atoms with Crippen LogP contribution >= 0.6 is 11.6 Å². The fraction of sp³-hybridized carbons (Fsp3) is 0.400. The maximum absolute atomic E-state index is 12.7. The summed E-state index contributed by atoms with van der Waals surface area (Å²) in [5.74, 6) is 1.26. The molecule has 0 amide bonds. The number of benzene rings is 1. The van der Waals surface area contributed by atoms with Gasteiger partial charge < -0.3 is 9.47 Å². The monoisotopic (exact) mass is 437 g/mol. The number of nitrogens with one attached hydrogen (secondary N) is 1. The first-order chi connectivity index (χ1) is 13.7. The van der Waals surface area contributed by atoms with Gasteiger partial charge in [-0.15, -0.1) is 0 Å². The van der Waals surface area contributed by atoms with Crippen LogP contribution in [0.15, 0.2) is 23.2 Å². The van der Waals surface area contributed by atoms with E-state index in [0.717, 1.165) is 5.56 Å². The minimum absolute atomic E-state index is 0.0483. The van der Waals surface area contributed by atoms with Crippen LogP contribution in [0.25, 0.3) is 0 Å². The molecule has 0 fully saturated rings. The van der Waals surface area contributed by atoms with Crippen LogP contribution in [0.4, 0.5) is 0 Å². The van der Waals surface area contributed by atoms with Gasteiger partial charge in [0.1, 0.15) is 6.07 Å². The van der Waals surface area contributed by atoms with Crippen LogP contribution in [0.1, 0.15) is 36.2 Å². The van der Waals surface area contributed by atoms with E-state index in [1.807, 2.05) is 32.0 Å². The zero-order valence-electron chi connectivity index (χ0n) is 16.9. The second-order valence-corrected chi connectivity index (χ2v) is 8.28. The molecule has 0 unspecified atom stereocenters. The van der Waals surface area contributed by atoms with Crippen molar-refractivity contribution in [3.05, 3.63) is 45.6 Å². The van der Waals surface area contributed by atoms with Crippen LogP contribution in [-0.2, 0) is 16.4 Å². The van der Waals surface area contributed by atoms with Gasteiger partial charge in [0.05, 0.1) is 29.5 Å². The molecule has 0 spiro atoms. The highest BCUT2D eigenvalue weighted by Crippen LogP contribution is 2.29. The molecule has 1 aromatic carbocycles. The van der Waals surface area contributed by atoms with Crippen LogP contribution in [0.3, 0.4) is 0 Å². The van der Waals surface area contributed by atoms with Gasteiger partial charge >= 0.3 is 0 Å². The average molecular weight is 438 g/mol. The number of hydrogen-bond acceptors (Lipinski definition) is 6. The lowest BCUT2D eigenvalue weighted by atomic mass is 10.1. The Morgan fingerprint density at radius 1 is 1.17 bits per heavy atom. The SMILES string of the molecule is CCOc1ccc(CCNS(=O)(=O)c2nc(C)c(Cl)c(C)c2C#N)cc1OCC. The summed E-state index contributed by atoms with van der Waals surface area (Å²) in [4.78, 5) is 4.03. The van der Waals surface area contributed by atoms with Crippen molar-refractivity contribution in [1.82, 2.24) is 9.71 Å². The van der Waals surface area contributed by atoms with E-state index in [1.54, 1.807) is 19.9 Å². The number of rotatable bonds is 9. The fourth-order valence-electron chi connectivity index (χ4n) is 2.77. The van der Waals surface area contributed by atoms with Crippen molar-refractivity contribution in [2.24, 2.45) is 0 Å². The van der Waals surface area contributed by atoms with E-state index in [0.29, 0.717) is 47.4 Å². The first-order valence-electron chi connectivity index (χ1n) is 9.20. The number of sulfonamides is 1. The molecule has 7 nitrogen and oxygen atoms in total. The van der Waals surface area contributed by atoms with Gasteiger partial charge in [0, 0.05) is 6.54 Å². The number of ether oxygens (including phenoxy) is 2. The molecule has 156 valence electrons. The van der Waals surface area contributed by atoms with Crippen molar-refractivity contribution < 1.29 is 17.9 Å². The summed E-state index contributed by atoms with van der Waals surface area (Å²) in [7, 11) is -3.97. The van der Waals surface area contributed by atoms with Gasteiger partial charge in [-0.3, -0.25) is 0 Å². The molecule has 0 atom stereocenters. The molecule has 0 radical (unpaired) electrons. The van der Waals surface area contributed by atoms with Gasteiger partial charge in [-0.05, 0) is 57.4 Å². The largest absolute Gasteiger partial charge is 0.490 e. The number of aromatic nitrogens is 1. The van der Waals surface area contributed by atoms with Gasteiger partial charge in [-0.1, -0.05) is 17.7 Å². The minimum Gasteiger partial charge on any atom is -0.490 e. The average Bonchev–Trinajstić information content (AvgIpc) is 2.68. The summed E-state index contributed by atoms with van der Waals surface area (Å²) >= 11 is 6.09. The molecule has 0 aliphatic heterocycles. The van der Waals surface area contributed by atoms with Crippen LogP contribution < -0.4 is 14.2 Å². The number of aryl methyl sites for hydroxylation is 1. The van der Waals surface area contributed by atoms with Crippen LogP contribution in [0, 0.1) is 25.2 Å². The van der Waals surface area contributed by atoms with Crippen LogP contribution in [-0.4, -0.2) is 33.2 Å². The Kier molecular flexibility index (Phi) is 7.85. The molecule has 1 heterocycles. The first-order valence-corrected chi connectivity index (χ1v) is 11.1. The van der Waals surface area contributed by atoms with Crippen LogP contribution in [0.2, 0.25) is 5.02 Å². The molecule has 2 rings (SSSR count). The van der Waals surface area contributed by atoms with Crippen molar-refractivity contribution in [3.8, 4) is 17.6 Å². The Balaban J connectivity index is 2.18. The van der Waals surface area contributed by atoms with E-state index in [1.165, 1.54) is 0 Å². The predicted molar refractivity (Wildman–Crippen MR) is 111 cm³/mol. The molecule has 0 aliphatic rings. The zero-order valence-corrected chi connectivity index (χ0v) is 18.4. The highest BCUT2D eigenvalue weighted by Gasteiger charge is 2.24. The lowest BCUT2D eigenvalue weighted by molar-refractivity contribution is 0.287. The van der Waals surface area contributed by atoms with E-state index in [-0.39, 0.29) is 17.1 Å². The van der Waals surface area contributed by atoms with Crippen LogP contribution in [0.5, 0.6) is 11.5 Å². The smallest absolute Gasteiger partial charge is 0.259 e. The normalized spacial score (nSPS) is 11.2. The van der Waals surface area contributed by atoms with E-state index >= 15 is 0 Å². The standard InChI is InChI=1S/C20H24ClN3O4S/c1-5-27-17-8-7-15(11-18(17)28-6-2)9-10-23-29(25,26)20-16(12-22)13(3)19(21)14(4)24-20/h7-8,11,23H,5-6,9-10H2,1-4H3. The van der Waals surface area contributed by atoms with E-state index in [9.17, 15) is 13.7 Å². The van der Waals surface area contributed by atoms with Crippen molar-refractivity contribution in [3.63, 3.8) is 0 Å². The number of pyridine rings is 1. The molecule has 0 aliphatic carbocycles. The second kappa shape index (κ2) is 9.92. The van der Waals surface area contributed by atoms with Gasteiger partial charge in [0.25, 0.3) is 10.0 Å². The zero-order chi connectivity index (χ0) is 21.6. The maximum atomic E-state index is 12.7. The molecule has 1 aromatic heterocycles. The molecule has 2 aromatic rings. The van der Waals surface area contributed by atoms with Gasteiger partial charge in [0.2, 0.25) is 0 Å². The van der Waals surface area contributed by atoms with Crippen molar-refractivity contribution in [1.29, 1.82) is 5.26 Å². The van der Waals surface area contributed by atoms with Gasteiger partial charge in [0.15, 0.2) is 16.5 Å².